The number of hydrogen-bond acceptors (Lipinski definition) is 2. The van der Waals surface area contributed by atoms with Crippen LogP contribution < -0.4 is 0 Å². The van der Waals surface area contributed by atoms with Crippen molar-refractivity contribution in [3.63, 3.8) is 0 Å². The molecule has 1 heterocycles. The van der Waals surface area contributed by atoms with Crippen LogP contribution in [-0.4, -0.2) is 17.9 Å². The normalized spacial score (nSPS) is 10.8. The number of hydrogen-bond donors (Lipinski definition) is 0. The monoisotopic (exact) mass is 291 g/mol. The minimum Gasteiger partial charge on any atom is -0.440 e. The molecule has 106 valence electrons. The zero-order chi connectivity index (χ0) is 14.7. The maximum atomic E-state index is 12.1. The Morgan fingerprint density at radius 3 is 2.35 bits per heavy atom. The highest BCUT2D eigenvalue weighted by atomic mass is 35.5. The maximum Gasteiger partial charge on any atom is 0.289 e. The molecule has 0 atom stereocenters. The Labute approximate surface area is 124 Å². The maximum absolute atomic E-state index is 12.1. The lowest BCUT2D eigenvalue weighted by Gasteiger charge is -2.16. The van der Waals surface area contributed by atoms with E-state index in [0.29, 0.717) is 12.5 Å². The fourth-order valence-electron chi connectivity index (χ4n) is 1.97. The highest BCUT2D eigenvalue weighted by Gasteiger charge is 2.15. The first kappa shape index (κ1) is 14.7. The molecule has 0 radical (unpaired) electrons. The molecule has 0 unspecified atom stereocenters. The van der Waals surface area contributed by atoms with Crippen LogP contribution >= 0.6 is 11.6 Å². The zero-order valence-electron chi connectivity index (χ0n) is 11.9. The van der Waals surface area contributed by atoms with Gasteiger partial charge in [0, 0.05) is 13.6 Å². The highest BCUT2D eigenvalue weighted by molar-refractivity contribution is 6.29. The molecule has 2 rings (SSSR count). The summed E-state index contributed by atoms with van der Waals surface area (Å²) in [7, 11) is 1.75. The van der Waals surface area contributed by atoms with E-state index in [1.54, 1.807) is 24.1 Å². The van der Waals surface area contributed by atoms with Crippen molar-refractivity contribution < 1.29 is 9.21 Å². The molecule has 0 aliphatic heterocycles. The van der Waals surface area contributed by atoms with E-state index >= 15 is 0 Å². The number of carbonyl (C=O) groups is 1. The summed E-state index contributed by atoms with van der Waals surface area (Å²) in [5.74, 6) is 0.592. The van der Waals surface area contributed by atoms with Crippen LogP contribution in [0, 0.1) is 0 Å². The van der Waals surface area contributed by atoms with Crippen LogP contribution in [0.15, 0.2) is 40.8 Å². The predicted molar refractivity (Wildman–Crippen MR) is 80.0 cm³/mol. The average molecular weight is 292 g/mol. The predicted octanol–water partition coefficient (Wildman–Crippen LogP) is 4.33. The minimum atomic E-state index is -0.176. The molecule has 20 heavy (non-hydrogen) atoms. The molecule has 0 fully saturated rings. The first-order chi connectivity index (χ1) is 9.47. The largest absolute Gasteiger partial charge is 0.440 e. The Kier molecular flexibility index (Phi) is 4.50. The van der Waals surface area contributed by atoms with Crippen LogP contribution in [-0.2, 0) is 6.54 Å². The van der Waals surface area contributed by atoms with Gasteiger partial charge in [0.2, 0.25) is 0 Å². The fraction of sp³-hybridized carbons (Fsp3) is 0.312. The molecular formula is C16H18ClNO2. The molecular weight excluding hydrogens is 274 g/mol. The van der Waals surface area contributed by atoms with Crippen molar-refractivity contribution in [3.8, 4) is 0 Å². The van der Waals surface area contributed by atoms with Gasteiger partial charge in [-0.05, 0) is 40.8 Å². The second-order valence-corrected chi connectivity index (χ2v) is 5.53. The molecule has 0 aliphatic rings. The second kappa shape index (κ2) is 6.14. The summed E-state index contributed by atoms with van der Waals surface area (Å²) in [6.45, 7) is 4.85. The van der Waals surface area contributed by atoms with Crippen molar-refractivity contribution in [1.29, 1.82) is 0 Å². The third-order valence-electron chi connectivity index (χ3n) is 3.20. The lowest BCUT2D eigenvalue weighted by molar-refractivity contribution is 0.0753. The molecule has 0 spiro atoms. The average Bonchev–Trinajstić information content (AvgIpc) is 2.85. The summed E-state index contributed by atoms with van der Waals surface area (Å²) in [6, 6.07) is 11.5. The SMILES string of the molecule is CC(C)c1ccc(CN(C)C(=O)c2ccc(Cl)o2)cc1. The van der Waals surface area contributed by atoms with Gasteiger partial charge >= 0.3 is 0 Å². The fourth-order valence-corrected chi connectivity index (χ4v) is 2.12. The minimum absolute atomic E-state index is 0.176. The lowest BCUT2D eigenvalue weighted by Crippen LogP contribution is -2.25. The van der Waals surface area contributed by atoms with Gasteiger partial charge in [0.15, 0.2) is 11.0 Å². The Morgan fingerprint density at radius 2 is 1.85 bits per heavy atom. The molecule has 4 heteroatoms. The molecule has 0 saturated heterocycles. The summed E-state index contributed by atoms with van der Waals surface area (Å²) in [4.78, 5) is 13.7. The topological polar surface area (TPSA) is 33.5 Å². The Bertz CT molecular complexity index is 587. The van der Waals surface area contributed by atoms with E-state index in [-0.39, 0.29) is 16.9 Å². The van der Waals surface area contributed by atoms with Crippen molar-refractivity contribution in [2.75, 3.05) is 7.05 Å². The molecule has 0 N–H and O–H groups in total. The van der Waals surface area contributed by atoms with E-state index in [0.717, 1.165) is 5.56 Å². The van der Waals surface area contributed by atoms with Gasteiger partial charge in [-0.15, -0.1) is 0 Å². The second-order valence-electron chi connectivity index (χ2n) is 5.16. The van der Waals surface area contributed by atoms with Crippen LogP contribution in [0.2, 0.25) is 5.22 Å². The van der Waals surface area contributed by atoms with Crippen molar-refractivity contribution in [2.24, 2.45) is 0 Å². The Hall–Kier alpha value is -1.74. The summed E-state index contributed by atoms with van der Waals surface area (Å²) in [6.07, 6.45) is 0. The summed E-state index contributed by atoms with van der Waals surface area (Å²) < 4.78 is 5.13. The van der Waals surface area contributed by atoms with Crippen LogP contribution in [0.1, 0.15) is 41.4 Å². The number of furan rings is 1. The molecule has 2 aromatic rings. The van der Waals surface area contributed by atoms with Gasteiger partial charge in [0.1, 0.15) is 0 Å². The van der Waals surface area contributed by atoms with E-state index in [4.69, 9.17) is 16.0 Å². The number of nitrogens with zero attached hydrogens (tertiary/aromatic N) is 1. The van der Waals surface area contributed by atoms with Crippen molar-refractivity contribution in [3.05, 3.63) is 58.5 Å². The molecule has 1 amide bonds. The molecule has 1 aromatic carbocycles. The summed E-state index contributed by atoms with van der Waals surface area (Å²) >= 11 is 5.68. The van der Waals surface area contributed by atoms with Crippen molar-refractivity contribution in [1.82, 2.24) is 4.90 Å². The molecule has 3 nitrogen and oxygen atoms in total. The van der Waals surface area contributed by atoms with E-state index in [1.807, 2.05) is 12.1 Å². The van der Waals surface area contributed by atoms with Gasteiger partial charge in [0.05, 0.1) is 0 Å². The van der Waals surface area contributed by atoms with Gasteiger partial charge in [0.25, 0.3) is 5.91 Å². The third kappa shape index (κ3) is 3.42. The van der Waals surface area contributed by atoms with Gasteiger partial charge < -0.3 is 9.32 Å². The smallest absolute Gasteiger partial charge is 0.289 e. The number of halogens is 1. The van der Waals surface area contributed by atoms with Crippen molar-refractivity contribution in [2.45, 2.75) is 26.3 Å². The standard InChI is InChI=1S/C16H18ClNO2/c1-11(2)13-6-4-12(5-7-13)10-18(3)16(19)14-8-9-15(17)20-14/h4-9,11H,10H2,1-3H3. The number of rotatable bonds is 4. The van der Waals surface area contributed by atoms with E-state index in [9.17, 15) is 4.79 Å². The molecule has 1 aromatic heterocycles. The summed E-state index contributed by atoms with van der Waals surface area (Å²) in [5, 5.41) is 0.225. The van der Waals surface area contributed by atoms with Crippen molar-refractivity contribution >= 4 is 17.5 Å². The van der Waals surface area contributed by atoms with E-state index in [2.05, 4.69) is 26.0 Å². The van der Waals surface area contributed by atoms with Crippen LogP contribution in [0.25, 0.3) is 0 Å². The van der Waals surface area contributed by atoms with Crippen LogP contribution in [0.5, 0.6) is 0 Å². The lowest BCUT2D eigenvalue weighted by atomic mass is 10.0. The Morgan fingerprint density at radius 1 is 1.20 bits per heavy atom. The zero-order valence-corrected chi connectivity index (χ0v) is 12.6. The molecule has 0 aliphatic carbocycles. The first-order valence-corrected chi connectivity index (χ1v) is 6.95. The van der Waals surface area contributed by atoms with Gasteiger partial charge in [-0.3, -0.25) is 4.79 Å². The van der Waals surface area contributed by atoms with Gasteiger partial charge in [-0.25, -0.2) is 0 Å². The quantitative estimate of drug-likeness (QED) is 0.840. The van der Waals surface area contributed by atoms with Crippen LogP contribution in [0.3, 0.4) is 0 Å². The van der Waals surface area contributed by atoms with E-state index < -0.39 is 0 Å². The molecule has 0 bridgehead atoms. The number of carbonyl (C=O) groups excluding carboxylic acids is 1. The number of amides is 1. The van der Waals surface area contributed by atoms with E-state index in [1.165, 1.54) is 5.56 Å². The first-order valence-electron chi connectivity index (χ1n) is 6.57. The van der Waals surface area contributed by atoms with Crippen LogP contribution in [0.4, 0.5) is 0 Å². The third-order valence-corrected chi connectivity index (χ3v) is 3.40. The van der Waals surface area contributed by atoms with Gasteiger partial charge in [-0.1, -0.05) is 38.1 Å². The summed E-state index contributed by atoms with van der Waals surface area (Å²) in [5.41, 5.74) is 2.38. The van der Waals surface area contributed by atoms with Gasteiger partial charge in [-0.2, -0.15) is 0 Å². The molecule has 0 saturated carbocycles. The Balaban J connectivity index is 2.03. The highest BCUT2D eigenvalue weighted by Crippen LogP contribution is 2.17. The number of benzene rings is 1.